The molecule has 0 aliphatic carbocycles. The van der Waals surface area contributed by atoms with Crippen LogP contribution in [0.15, 0.2) is 82.6 Å². The van der Waals surface area contributed by atoms with Crippen molar-refractivity contribution in [3.63, 3.8) is 0 Å². The fourth-order valence-corrected chi connectivity index (χ4v) is 6.19. The molecular weight excluding hydrogens is 542 g/mol. The fraction of sp³-hybridized carbons (Fsp3) is 0.355. The molecule has 0 heterocycles. The molecule has 1 atom stereocenters. The van der Waals surface area contributed by atoms with Crippen LogP contribution in [0.5, 0.6) is 0 Å². The van der Waals surface area contributed by atoms with E-state index in [2.05, 4.69) is 5.32 Å². The lowest BCUT2D eigenvalue weighted by molar-refractivity contribution is -0.140. The summed E-state index contributed by atoms with van der Waals surface area (Å²) in [4.78, 5) is 29.8. The maximum atomic E-state index is 14.1. The Kier molecular flexibility index (Phi) is 11.2. The van der Waals surface area contributed by atoms with E-state index < -0.39 is 28.5 Å². The van der Waals surface area contributed by atoms with Gasteiger partial charge < -0.3 is 10.2 Å². The highest BCUT2D eigenvalue weighted by Crippen LogP contribution is 2.27. The largest absolute Gasteiger partial charge is 0.354 e. The first-order valence-electron chi connectivity index (χ1n) is 13.5. The topological polar surface area (TPSA) is 86.8 Å². The fourth-order valence-electron chi connectivity index (χ4n) is 4.37. The average molecular weight is 582 g/mol. The number of thioether (sulfide) groups is 1. The lowest BCUT2D eigenvalue weighted by Crippen LogP contribution is -2.52. The van der Waals surface area contributed by atoms with Gasteiger partial charge in [-0.05, 0) is 80.5 Å². The number of benzene rings is 3. The number of amides is 2. The minimum Gasteiger partial charge on any atom is -0.354 e. The van der Waals surface area contributed by atoms with Gasteiger partial charge in [0.15, 0.2) is 0 Å². The van der Waals surface area contributed by atoms with Gasteiger partial charge in [0.2, 0.25) is 11.8 Å². The summed E-state index contributed by atoms with van der Waals surface area (Å²) in [6.45, 7) is 7.94. The highest BCUT2D eigenvalue weighted by atomic mass is 32.2. The second kappa shape index (κ2) is 14.4. The maximum absolute atomic E-state index is 14.1. The first kappa shape index (κ1) is 31.2. The van der Waals surface area contributed by atoms with E-state index >= 15 is 0 Å². The molecule has 1 unspecified atom stereocenters. The maximum Gasteiger partial charge on any atom is 0.264 e. The van der Waals surface area contributed by atoms with Gasteiger partial charge in [-0.2, -0.15) is 0 Å². The number of aryl methyl sites for hydroxylation is 2. The van der Waals surface area contributed by atoms with E-state index in [0.29, 0.717) is 18.7 Å². The monoisotopic (exact) mass is 581 g/mol. The average Bonchev–Trinajstić information content (AvgIpc) is 2.96. The molecule has 3 aromatic carbocycles. The summed E-state index contributed by atoms with van der Waals surface area (Å²) in [6.07, 6.45) is 3.08. The smallest absolute Gasteiger partial charge is 0.264 e. The summed E-state index contributed by atoms with van der Waals surface area (Å²) in [6, 6.07) is 20.6. The first-order chi connectivity index (χ1) is 19.1. The molecule has 0 saturated carbocycles. The third-order valence-corrected chi connectivity index (χ3v) is 9.32. The quantitative estimate of drug-likeness (QED) is 0.267. The van der Waals surface area contributed by atoms with Crippen molar-refractivity contribution in [3.05, 3.63) is 89.5 Å². The van der Waals surface area contributed by atoms with Crippen molar-refractivity contribution >= 4 is 39.3 Å². The van der Waals surface area contributed by atoms with Gasteiger partial charge in [0.1, 0.15) is 12.6 Å². The van der Waals surface area contributed by atoms with Gasteiger partial charge in [-0.15, -0.1) is 11.8 Å². The zero-order valence-corrected chi connectivity index (χ0v) is 25.5. The standard InChI is InChI=1S/C31H39N3O4S2/c1-6-20-32-31(36)29(7-2)33(21-25-11-9-8-10-24(25)4)30(35)22-34(26-14-12-23(3)13-15-26)40(37,38)28-18-16-27(39-5)17-19-28/h8-19,29H,6-7,20-22H2,1-5H3,(H,32,36). The number of anilines is 1. The lowest BCUT2D eigenvalue weighted by atomic mass is 10.1. The molecule has 0 fully saturated rings. The van der Waals surface area contributed by atoms with Crippen molar-refractivity contribution < 1.29 is 18.0 Å². The molecule has 214 valence electrons. The van der Waals surface area contributed by atoms with Gasteiger partial charge in [0.05, 0.1) is 10.6 Å². The highest BCUT2D eigenvalue weighted by molar-refractivity contribution is 7.98. The van der Waals surface area contributed by atoms with Crippen LogP contribution in [0.25, 0.3) is 0 Å². The Morgan fingerprint density at radius 1 is 0.925 bits per heavy atom. The number of carbonyl (C=O) groups is 2. The van der Waals surface area contributed by atoms with E-state index in [1.165, 1.54) is 16.7 Å². The van der Waals surface area contributed by atoms with Crippen molar-refractivity contribution in [2.45, 2.75) is 62.9 Å². The van der Waals surface area contributed by atoms with E-state index in [0.717, 1.165) is 32.3 Å². The second-order valence-electron chi connectivity index (χ2n) is 9.69. The molecule has 0 spiro atoms. The van der Waals surface area contributed by atoms with E-state index in [4.69, 9.17) is 0 Å². The van der Waals surface area contributed by atoms with Crippen molar-refractivity contribution in [2.75, 3.05) is 23.7 Å². The van der Waals surface area contributed by atoms with Crippen LogP contribution in [-0.2, 0) is 26.2 Å². The number of hydrogen-bond donors (Lipinski definition) is 1. The van der Waals surface area contributed by atoms with Gasteiger partial charge in [-0.3, -0.25) is 13.9 Å². The Morgan fingerprint density at radius 2 is 1.57 bits per heavy atom. The molecule has 7 nitrogen and oxygen atoms in total. The SMILES string of the molecule is CCCNC(=O)C(CC)N(Cc1ccccc1C)C(=O)CN(c1ccc(C)cc1)S(=O)(=O)c1ccc(SC)cc1. The summed E-state index contributed by atoms with van der Waals surface area (Å²) >= 11 is 1.52. The van der Waals surface area contributed by atoms with Gasteiger partial charge in [0.25, 0.3) is 10.0 Å². The molecule has 3 aromatic rings. The number of sulfonamides is 1. The molecule has 2 amide bonds. The predicted octanol–water partition coefficient (Wildman–Crippen LogP) is 5.55. The minimum atomic E-state index is -4.09. The predicted molar refractivity (Wildman–Crippen MR) is 163 cm³/mol. The van der Waals surface area contributed by atoms with Crippen molar-refractivity contribution in [1.29, 1.82) is 0 Å². The van der Waals surface area contributed by atoms with Crippen LogP contribution in [0.1, 0.15) is 43.4 Å². The van der Waals surface area contributed by atoms with Crippen LogP contribution in [0, 0.1) is 13.8 Å². The summed E-state index contributed by atoms with van der Waals surface area (Å²) in [5, 5.41) is 2.91. The van der Waals surface area contributed by atoms with Gasteiger partial charge in [-0.1, -0.05) is 55.8 Å². The number of nitrogens with one attached hydrogen (secondary N) is 1. The third kappa shape index (κ3) is 7.67. The van der Waals surface area contributed by atoms with Crippen LogP contribution in [0.4, 0.5) is 5.69 Å². The van der Waals surface area contributed by atoms with Crippen LogP contribution in [0.3, 0.4) is 0 Å². The molecule has 0 radical (unpaired) electrons. The van der Waals surface area contributed by atoms with E-state index in [1.807, 2.05) is 70.3 Å². The minimum absolute atomic E-state index is 0.0943. The molecule has 40 heavy (non-hydrogen) atoms. The van der Waals surface area contributed by atoms with Crippen LogP contribution in [-0.4, -0.2) is 50.5 Å². The van der Waals surface area contributed by atoms with Crippen molar-refractivity contribution in [3.8, 4) is 0 Å². The number of hydrogen-bond acceptors (Lipinski definition) is 5. The molecule has 3 rings (SSSR count). The molecule has 0 aliphatic rings. The van der Waals surface area contributed by atoms with Gasteiger partial charge in [0, 0.05) is 18.0 Å². The van der Waals surface area contributed by atoms with E-state index in [1.54, 1.807) is 36.4 Å². The Hall–Kier alpha value is -3.30. The van der Waals surface area contributed by atoms with Crippen LogP contribution in [0.2, 0.25) is 0 Å². The number of nitrogens with zero attached hydrogens (tertiary/aromatic N) is 2. The number of carbonyl (C=O) groups excluding carboxylic acids is 2. The van der Waals surface area contributed by atoms with E-state index in [9.17, 15) is 18.0 Å². The lowest BCUT2D eigenvalue weighted by Gasteiger charge is -2.33. The summed E-state index contributed by atoms with van der Waals surface area (Å²) in [5.74, 6) is -0.699. The Morgan fingerprint density at radius 3 is 2.15 bits per heavy atom. The third-order valence-electron chi connectivity index (χ3n) is 6.79. The molecule has 0 aliphatic heterocycles. The van der Waals surface area contributed by atoms with Crippen molar-refractivity contribution in [1.82, 2.24) is 10.2 Å². The zero-order chi connectivity index (χ0) is 29.3. The van der Waals surface area contributed by atoms with Crippen molar-refractivity contribution in [2.24, 2.45) is 0 Å². The molecule has 0 saturated heterocycles. The Bertz CT molecular complexity index is 1390. The molecular formula is C31H39N3O4S2. The van der Waals surface area contributed by atoms with Gasteiger partial charge >= 0.3 is 0 Å². The highest BCUT2D eigenvalue weighted by Gasteiger charge is 2.33. The Balaban J connectivity index is 2.05. The Labute approximate surface area is 243 Å². The first-order valence-corrected chi connectivity index (χ1v) is 16.1. The summed E-state index contributed by atoms with van der Waals surface area (Å²) in [7, 11) is -4.09. The zero-order valence-electron chi connectivity index (χ0n) is 23.9. The molecule has 0 bridgehead atoms. The van der Waals surface area contributed by atoms with Crippen LogP contribution >= 0.6 is 11.8 Å². The van der Waals surface area contributed by atoms with Crippen LogP contribution < -0.4 is 9.62 Å². The second-order valence-corrected chi connectivity index (χ2v) is 12.4. The number of rotatable bonds is 13. The summed E-state index contributed by atoms with van der Waals surface area (Å²) < 4.78 is 29.1. The van der Waals surface area contributed by atoms with E-state index in [-0.39, 0.29) is 17.3 Å². The normalized spacial score (nSPS) is 12.0. The van der Waals surface area contributed by atoms with Gasteiger partial charge in [-0.25, -0.2) is 8.42 Å². The molecule has 0 aromatic heterocycles. The molecule has 1 N–H and O–H groups in total. The molecule has 9 heteroatoms. The summed E-state index contributed by atoms with van der Waals surface area (Å²) in [5.41, 5.74) is 3.24.